The Kier molecular flexibility index (Phi) is 45.7. The highest BCUT2D eigenvalue weighted by Gasteiger charge is 2.25. The van der Waals surface area contributed by atoms with Crippen LogP contribution < -0.4 is 0 Å². The number of nitrogens with zero attached hydrogens (tertiary/aromatic N) is 1. The van der Waals surface area contributed by atoms with Gasteiger partial charge in [-0.2, -0.15) is 0 Å². The molecule has 0 aliphatic rings. The molecule has 0 saturated carbocycles. The molecule has 2 atom stereocenters. The smallest absolute Gasteiger partial charge is 0.361 e. The van der Waals surface area contributed by atoms with Crippen molar-refractivity contribution in [2.24, 2.45) is 0 Å². The molecule has 9 nitrogen and oxygen atoms in total. The van der Waals surface area contributed by atoms with Gasteiger partial charge in [-0.25, -0.2) is 4.79 Å². The molecule has 0 aromatic heterocycles. The molecule has 65 heavy (non-hydrogen) atoms. The van der Waals surface area contributed by atoms with E-state index in [-0.39, 0.29) is 32.2 Å². The van der Waals surface area contributed by atoms with Crippen LogP contribution in [0.1, 0.15) is 232 Å². The van der Waals surface area contributed by atoms with Crippen LogP contribution in [0.4, 0.5) is 0 Å². The monoisotopic (exact) mass is 917 g/mol. The van der Waals surface area contributed by atoms with E-state index in [1.807, 2.05) is 21.1 Å². The summed E-state index contributed by atoms with van der Waals surface area (Å²) in [7, 11) is 5.95. The van der Waals surface area contributed by atoms with E-state index in [0.29, 0.717) is 17.4 Å². The van der Waals surface area contributed by atoms with E-state index in [4.69, 9.17) is 18.9 Å². The largest absolute Gasteiger partial charge is 0.477 e. The molecule has 0 radical (unpaired) electrons. The minimum Gasteiger partial charge on any atom is -0.477 e. The molecule has 0 aromatic carbocycles. The number of carboxylic acids is 1. The first-order chi connectivity index (χ1) is 31.6. The summed E-state index contributed by atoms with van der Waals surface area (Å²) in [6, 6.07) is 0. The van der Waals surface area contributed by atoms with E-state index in [1.165, 1.54) is 128 Å². The first-order valence-electron chi connectivity index (χ1n) is 26.8. The zero-order valence-electron chi connectivity index (χ0n) is 42.9. The van der Waals surface area contributed by atoms with Crippen molar-refractivity contribution in [2.45, 2.75) is 245 Å². The Morgan fingerprint density at radius 2 is 0.877 bits per heavy atom. The molecular formula is C56H102NO8+. The highest BCUT2D eigenvalue weighted by Crippen LogP contribution is 2.17. The average Bonchev–Trinajstić information content (AvgIpc) is 3.27. The van der Waals surface area contributed by atoms with Gasteiger partial charge < -0.3 is 28.5 Å². The third-order valence-electron chi connectivity index (χ3n) is 11.6. The number of quaternary nitrogens is 1. The van der Waals surface area contributed by atoms with Gasteiger partial charge in [0.05, 0.1) is 34.4 Å². The standard InChI is InChI=1S/C56H101NO8/c1-6-8-10-12-13-14-15-16-17-18-19-20-21-22-23-24-25-26-27-28-29-30-31-32-33-34-35-36-37-38-39-40-41-43-45-47-54(59)65-52(50-63-53(58)46-44-42-11-9-7-2)51-64-56(55(60)61)62-49-48-57(3,4)5/h8,10,13-14,16-17,19-20,52,56H,6-7,9,11-12,15,18,21-51H2,1-5H3/p+1/b10-8-,14-13-,17-16-,20-19-. The molecule has 0 bridgehead atoms. The number of allylic oxidation sites excluding steroid dienone is 8. The molecule has 0 heterocycles. The molecule has 0 aliphatic carbocycles. The lowest BCUT2D eigenvalue weighted by molar-refractivity contribution is -0.870. The molecule has 0 rings (SSSR count). The number of carboxylic acid groups (broad SMARTS) is 1. The van der Waals surface area contributed by atoms with E-state index in [0.717, 1.165) is 77.0 Å². The molecule has 0 aromatic rings. The number of aliphatic carboxylic acids is 1. The highest BCUT2D eigenvalue weighted by atomic mass is 16.7. The molecule has 0 spiro atoms. The zero-order chi connectivity index (χ0) is 47.7. The van der Waals surface area contributed by atoms with E-state index in [9.17, 15) is 19.5 Å². The number of esters is 2. The van der Waals surface area contributed by atoms with Crippen LogP contribution in [0.3, 0.4) is 0 Å². The predicted molar refractivity (Wildman–Crippen MR) is 272 cm³/mol. The van der Waals surface area contributed by atoms with Gasteiger partial charge in [0.2, 0.25) is 0 Å². The van der Waals surface area contributed by atoms with Gasteiger partial charge in [0.25, 0.3) is 6.29 Å². The maximum atomic E-state index is 12.7. The van der Waals surface area contributed by atoms with Gasteiger partial charge in [-0.15, -0.1) is 0 Å². The normalized spacial score (nSPS) is 13.2. The molecule has 0 saturated heterocycles. The third kappa shape index (κ3) is 49.0. The Morgan fingerprint density at radius 3 is 1.31 bits per heavy atom. The van der Waals surface area contributed by atoms with Crippen molar-refractivity contribution < 1.29 is 42.9 Å². The third-order valence-corrected chi connectivity index (χ3v) is 11.6. The van der Waals surface area contributed by atoms with Crippen LogP contribution in [0.2, 0.25) is 0 Å². The van der Waals surface area contributed by atoms with Crippen molar-refractivity contribution in [3.05, 3.63) is 48.6 Å². The summed E-state index contributed by atoms with van der Waals surface area (Å²) in [4.78, 5) is 36.8. The van der Waals surface area contributed by atoms with Crippen molar-refractivity contribution in [3.63, 3.8) is 0 Å². The molecule has 0 amide bonds. The number of ether oxygens (including phenoxy) is 4. The summed E-state index contributed by atoms with van der Waals surface area (Å²) in [6.07, 6.45) is 55.5. The fourth-order valence-electron chi connectivity index (χ4n) is 7.48. The van der Waals surface area contributed by atoms with Gasteiger partial charge >= 0.3 is 17.9 Å². The van der Waals surface area contributed by atoms with E-state index < -0.39 is 24.3 Å². The molecule has 0 fully saturated rings. The van der Waals surface area contributed by atoms with Crippen molar-refractivity contribution in [2.75, 3.05) is 47.5 Å². The molecule has 1 N–H and O–H groups in total. The Morgan fingerprint density at radius 1 is 0.477 bits per heavy atom. The molecule has 0 aliphatic heterocycles. The fraction of sp³-hybridized carbons (Fsp3) is 0.804. The number of hydrogen-bond donors (Lipinski definition) is 1. The average molecular weight is 917 g/mol. The summed E-state index contributed by atoms with van der Waals surface area (Å²) in [5, 5.41) is 9.60. The molecular weight excluding hydrogens is 815 g/mol. The summed E-state index contributed by atoms with van der Waals surface area (Å²) in [5.41, 5.74) is 0. The second-order valence-electron chi connectivity index (χ2n) is 19.2. The van der Waals surface area contributed by atoms with Gasteiger partial charge in [0.15, 0.2) is 6.10 Å². The number of hydrogen-bond acceptors (Lipinski definition) is 7. The Hall–Kier alpha value is -2.75. The highest BCUT2D eigenvalue weighted by molar-refractivity contribution is 5.71. The molecule has 2 unspecified atom stereocenters. The molecule has 378 valence electrons. The summed E-state index contributed by atoms with van der Waals surface area (Å²) in [6.45, 7) is 4.68. The number of carbonyl (C=O) groups is 3. The first kappa shape index (κ1) is 62.2. The van der Waals surface area contributed by atoms with Crippen LogP contribution in [-0.4, -0.2) is 87.4 Å². The Balaban J connectivity index is 3.85. The number of likely N-dealkylation sites (N-methyl/N-ethyl adjacent to an activating group) is 1. The maximum absolute atomic E-state index is 12.7. The summed E-state index contributed by atoms with van der Waals surface area (Å²) in [5.74, 6) is -2.01. The van der Waals surface area contributed by atoms with Crippen LogP contribution in [0.25, 0.3) is 0 Å². The first-order valence-corrected chi connectivity index (χ1v) is 26.8. The summed E-state index contributed by atoms with van der Waals surface area (Å²) >= 11 is 0. The van der Waals surface area contributed by atoms with Gasteiger partial charge in [-0.05, 0) is 51.4 Å². The topological polar surface area (TPSA) is 108 Å². The summed E-state index contributed by atoms with van der Waals surface area (Å²) < 4.78 is 22.6. The second-order valence-corrected chi connectivity index (χ2v) is 19.2. The van der Waals surface area contributed by atoms with Crippen LogP contribution in [0.15, 0.2) is 48.6 Å². The van der Waals surface area contributed by atoms with Crippen LogP contribution in [0.5, 0.6) is 0 Å². The van der Waals surface area contributed by atoms with Gasteiger partial charge in [-0.1, -0.05) is 217 Å². The number of carbonyl (C=O) groups excluding carboxylic acids is 2. The van der Waals surface area contributed by atoms with Crippen molar-refractivity contribution in [1.29, 1.82) is 0 Å². The van der Waals surface area contributed by atoms with Crippen LogP contribution in [-0.2, 0) is 33.3 Å². The quantitative estimate of drug-likeness (QED) is 0.0211. The predicted octanol–water partition coefficient (Wildman–Crippen LogP) is 15.1. The Bertz CT molecular complexity index is 1210. The lowest BCUT2D eigenvalue weighted by Crippen LogP contribution is -2.40. The van der Waals surface area contributed by atoms with Crippen molar-refractivity contribution >= 4 is 17.9 Å². The Labute approximate surface area is 400 Å². The fourth-order valence-corrected chi connectivity index (χ4v) is 7.48. The minimum absolute atomic E-state index is 0.180. The minimum atomic E-state index is -1.50. The van der Waals surface area contributed by atoms with Crippen molar-refractivity contribution in [3.8, 4) is 0 Å². The lowest BCUT2D eigenvalue weighted by atomic mass is 10.0. The van der Waals surface area contributed by atoms with Crippen LogP contribution in [0, 0.1) is 0 Å². The lowest BCUT2D eigenvalue weighted by Gasteiger charge is -2.25. The molecule has 9 heteroatoms. The van der Waals surface area contributed by atoms with Gasteiger partial charge in [0.1, 0.15) is 13.2 Å². The second kappa shape index (κ2) is 47.7. The van der Waals surface area contributed by atoms with E-state index in [1.54, 1.807) is 0 Å². The SMILES string of the molecule is CC/C=C\C/C=C\C/C=C\C/C=C\CCCCCCCCCCCCCCCCCCCCCCCCC(=O)OC(COC(=O)CCCCCCC)COC(OCC[N+](C)(C)C)C(=O)O. The van der Waals surface area contributed by atoms with E-state index >= 15 is 0 Å². The van der Waals surface area contributed by atoms with Gasteiger partial charge in [0, 0.05) is 12.8 Å². The van der Waals surface area contributed by atoms with Gasteiger partial charge in [-0.3, -0.25) is 9.59 Å². The van der Waals surface area contributed by atoms with Crippen LogP contribution >= 0.6 is 0 Å². The maximum Gasteiger partial charge on any atom is 0.361 e. The number of rotatable bonds is 49. The van der Waals surface area contributed by atoms with Crippen molar-refractivity contribution in [1.82, 2.24) is 0 Å². The zero-order valence-corrected chi connectivity index (χ0v) is 42.9. The number of unbranched alkanes of at least 4 members (excludes halogenated alkanes) is 26. The van der Waals surface area contributed by atoms with E-state index in [2.05, 4.69) is 62.5 Å².